The van der Waals surface area contributed by atoms with E-state index in [1.165, 1.54) is 4.90 Å². The summed E-state index contributed by atoms with van der Waals surface area (Å²) in [4.78, 5) is 12.8. The Morgan fingerprint density at radius 2 is 2.13 bits per heavy atom. The second-order valence-corrected chi connectivity index (χ2v) is 3.91. The van der Waals surface area contributed by atoms with Crippen LogP contribution in [-0.2, 0) is 4.79 Å². The molecule has 0 aromatic carbocycles. The zero-order chi connectivity index (χ0) is 11.5. The number of amides is 1. The molecule has 0 radical (unpaired) electrons. The molecule has 0 spiro atoms. The van der Waals surface area contributed by atoms with Gasteiger partial charge >= 0.3 is 6.18 Å². The smallest absolute Gasteiger partial charge is 0.339 e. The maximum absolute atomic E-state index is 11.8. The average molecular weight is 221 g/mol. The van der Waals surface area contributed by atoms with Crippen molar-refractivity contribution in [1.29, 1.82) is 0 Å². The van der Waals surface area contributed by atoms with Crippen LogP contribution in [0.15, 0.2) is 12.2 Å². The molecule has 1 unspecified atom stereocenters. The molecule has 86 valence electrons. The van der Waals surface area contributed by atoms with Gasteiger partial charge in [-0.3, -0.25) is 4.79 Å². The second kappa shape index (κ2) is 4.68. The molecule has 15 heavy (non-hydrogen) atoms. The summed E-state index contributed by atoms with van der Waals surface area (Å²) in [6, 6.07) is 0. The number of likely N-dealkylation sites (tertiary alicyclic amines) is 1. The van der Waals surface area contributed by atoms with Crippen molar-refractivity contribution in [3.63, 3.8) is 0 Å². The van der Waals surface area contributed by atoms with Crippen LogP contribution in [0, 0.1) is 5.92 Å². The molecule has 1 rings (SSSR count). The molecule has 0 bridgehead atoms. The van der Waals surface area contributed by atoms with E-state index in [9.17, 15) is 18.0 Å². The maximum atomic E-state index is 11.8. The highest BCUT2D eigenvalue weighted by atomic mass is 19.4. The van der Waals surface area contributed by atoms with Gasteiger partial charge < -0.3 is 4.90 Å². The molecule has 0 saturated carbocycles. The molecule has 0 aromatic heterocycles. The summed E-state index contributed by atoms with van der Waals surface area (Å²) in [5.74, 6) is -0.166. The van der Waals surface area contributed by atoms with Gasteiger partial charge in [0.25, 0.3) is 0 Å². The van der Waals surface area contributed by atoms with Crippen LogP contribution >= 0.6 is 0 Å². The molecule has 2 nitrogen and oxygen atoms in total. The number of halogens is 3. The Balaban J connectivity index is 2.50. The Kier molecular flexibility index (Phi) is 3.77. The number of rotatable bonds is 1. The molecular formula is C10H14F3NO. The third-order valence-electron chi connectivity index (χ3n) is 2.38. The van der Waals surface area contributed by atoms with Crippen molar-refractivity contribution in [1.82, 2.24) is 4.90 Å². The molecule has 1 aliphatic heterocycles. The predicted octanol–water partition coefficient (Wildman–Crippen LogP) is 2.36. The maximum Gasteiger partial charge on any atom is 0.409 e. The standard InChI is InChI=1S/C10H14F3NO/c1-8-3-2-6-14(7-8)9(15)4-5-10(11,12)13/h4-5,8H,2-3,6-7H2,1H3/b5-4+. The van der Waals surface area contributed by atoms with Crippen LogP contribution in [0.1, 0.15) is 19.8 Å². The molecular weight excluding hydrogens is 207 g/mol. The summed E-state index contributed by atoms with van der Waals surface area (Å²) in [6.07, 6.45) is -1.90. The minimum atomic E-state index is -4.41. The highest BCUT2D eigenvalue weighted by Gasteiger charge is 2.24. The monoisotopic (exact) mass is 221 g/mol. The first kappa shape index (κ1) is 12.1. The van der Waals surface area contributed by atoms with Crippen molar-refractivity contribution in [2.24, 2.45) is 5.92 Å². The van der Waals surface area contributed by atoms with E-state index in [0.717, 1.165) is 12.8 Å². The third kappa shape index (κ3) is 4.36. The fraction of sp³-hybridized carbons (Fsp3) is 0.700. The van der Waals surface area contributed by atoms with Gasteiger partial charge in [-0.15, -0.1) is 0 Å². The van der Waals surface area contributed by atoms with Gasteiger partial charge in [-0.1, -0.05) is 6.92 Å². The van der Waals surface area contributed by atoms with Crippen LogP contribution in [0.5, 0.6) is 0 Å². The van der Waals surface area contributed by atoms with Crippen LogP contribution in [0.4, 0.5) is 13.2 Å². The Labute approximate surface area is 86.7 Å². The Hall–Kier alpha value is -1.00. The Morgan fingerprint density at radius 3 is 2.67 bits per heavy atom. The number of alkyl halides is 3. The van der Waals surface area contributed by atoms with E-state index in [4.69, 9.17) is 0 Å². The lowest BCUT2D eigenvalue weighted by Gasteiger charge is -2.30. The summed E-state index contributed by atoms with van der Waals surface area (Å²) < 4.78 is 35.4. The molecule has 1 fully saturated rings. The lowest BCUT2D eigenvalue weighted by atomic mass is 10.0. The summed E-state index contributed by atoms with van der Waals surface area (Å²) in [7, 11) is 0. The van der Waals surface area contributed by atoms with Crippen molar-refractivity contribution in [3.8, 4) is 0 Å². The van der Waals surface area contributed by atoms with Crippen LogP contribution < -0.4 is 0 Å². The number of hydrogen-bond donors (Lipinski definition) is 0. The fourth-order valence-electron chi connectivity index (χ4n) is 1.66. The molecule has 1 aliphatic rings. The molecule has 1 amide bonds. The van der Waals surface area contributed by atoms with E-state index in [1.807, 2.05) is 6.92 Å². The van der Waals surface area contributed by atoms with Gasteiger partial charge in [0.15, 0.2) is 0 Å². The Bertz CT molecular complexity index is 260. The zero-order valence-corrected chi connectivity index (χ0v) is 8.55. The summed E-state index contributed by atoms with van der Waals surface area (Å²) in [5, 5.41) is 0. The van der Waals surface area contributed by atoms with Crippen LogP contribution in [0.25, 0.3) is 0 Å². The summed E-state index contributed by atoms with van der Waals surface area (Å²) >= 11 is 0. The topological polar surface area (TPSA) is 20.3 Å². The third-order valence-corrected chi connectivity index (χ3v) is 2.38. The van der Waals surface area contributed by atoms with Crippen molar-refractivity contribution in [3.05, 3.63) is 12.2 Å². The van der Waals surface area contributed by atoms with Gasteiger partial charge in [0.1, 0.15) is 0 Å². The van der Waals surface area contributed by atoms with E-state index in [0.29, 0.717) is 25.1 Å². The van der Waals surface area contributed by atoms with E-state index in [1.54, 1.807) is 0 Å². The van der Waals surface area contributed by atoms with Crippen LogP contribution in [0.2, 0.25) is 0 Å². The quantitative estimate of drug-likeness (QED) is 0.622. The minimum Gasteiger partial charge on any atom is -0.339 e. The predicted molar refractivity (Wildman–Crippen MR) is 50.2 cm³/mol. The summed E-state index contributed by atoms with van der Waals surface area (Å²) in [5.41, 5.74) is 0. The van der Waals surface area contributed by atoms with Crippen molar-refractivity contribution in [2.45, 2.75) is 25.9 Å². The zero-order valence-electron chi connectivity index (χ0n) is 8.55. The number of piperidine rings is 1. The van der Waals surface area contributed by atoms with E-state index in [-0.39, 0.29) is 6.08 Å². The molecule has 0 N–H and O–H groups in total. The molecule has 1 heterocycles. The van der Waals surface area contributed by atoms with Gasteiger partial charge in [0.2, 0.25) is 5.91 Å². The number of hydrogen-bond acceptors (Lipinski definition) is 1. The van der Waals surface area contributed by atoms with Crippen molar-refractivity contribution in [2.75, 3.05) is 13.1 Å². The van der Waals surface area contributed by atoms with Crippen LogP contribution in [0.3, 0.4) is 0 Å². The van der Waals surface area contributed by atoms with Gasteiger partial charge in [-0.05, 0) is 18.8 Å². The normalized spacial score (nSPS) is 23.5. The van der Waals surface area contributed by atoms with Crippen molar-refractivity contribution < 1.29 is 18.0 Å². The fourth-order valence-corrected chi connectivity index (χ4v) is 1.66. The second-order valence-electron chi connectivity index (χ2n) is 3.91. The van der Waals surface area contributed by atoms with E-state index >= 15 is 0 Å². The lowest BCUT2D eigenvalue weighted by molar-refractivity contribution is -0.128. The molecule has 0 aromatic rings. The largest absolute Gasteiger partial charge is 0.409 e. The number of nitrogens with zero attached hydrogens (tertiary/aromatic N) is 1. The molecule has 1 atom stereocenters. The average Bonchev–Trinajstić information content (AvgIpc) is 2.13. The molecule has 1 saturated heterocycles. The first-order valence-corrected chi connectivity index (χ1v) is 4.93. The lowest BCUT2D eigenvalue weighted by Crippen LogP contribution is -2.38. The van der Waals surface area contributed by atoms with E-state index in [2.05, 4.69) is 0 Å². The Morgan fingerprint density at radius 1 is 1.47 bits per heavy atom. The SMILES string of the molecule is CC1CCCN(C(=O)/C=C/C(F)(F)F)C1. The molecule has 0 aliphatic carbocycles. The first-order valence-electron chi connectivity index (χ1n) is 4.93. The minimum absolute atomic E-state index is 0.00535. The van der Waals surface area contributed by atoms with Gasteiger partial charge in [0, 0.05) is 25.2 Å². The highest BCUT2D eigenvalue weighted by molar-refractivity contribution is 5.87. The van der Waals surface area contributed by atoms with Crippen LogP contribution in [-0.4, -0.2) is 30.1 Å². The van der Waals surface area contributed by atoms with Gasteiger partial charge in [0.05, 0.1) is 0 Å². The summed E-state index contributed by atoms with van der Waals surface area (Å²) in [6.45, 7) is 3.11. The van der Waals surface area contributed by atoms with E-state index < -0.39 is 12.1 Å². The first-order chi connectivity index (χ1) is 6.88. The van der Waals surface area contributed by atoms with Gasteiger partial charge in [-0.25, -0.2) is 0 Å². The van der Waals surface area contributed by atoms with Gasteiger partial charge in [-0.2, -0.15) is 13.2 Å². The number of carbonyl (C=O) groups excluding carboxylic acids is 1. The number of allylic oxidation sites excluding steroid dienone is 1. The highest BCUT2D eigenvalue weighted by Crippen LogP contribution is 2.18. The number of carbonyl (C=O) groups is 1. The molecule has 5 heteroatoms. The van der Waals surface area contributed by atoms with Crippen molar-refractivity contribution >= 4 is 5.91 Å².